The molecule has 0 radical (unpaired) electrons. The Morgan fingerprint density at radius 1 is 1.17 bits per heavy atom. The summed E-state index contributed by atoms with van der Waals surface area (Å²) in [5.74, 6) is -0.635. The monoisotopic (exact) mass is 666 g/mol. The number of esters is 1. The van der Waals surface area contributed by atoms with Crippen LogP contribution in [0.2, 0.25) is 5.02 Å². The van der Waals surface area contributed by atoms with Gasteiger partial charge in [-0.05, 0) is 76.9 Å². The van der Waals surface area contributed by atoms with Gasteiger partial charge in [-0.25, -0.2) is 4.98 Å². The average Bonchev–Trinajstić information content (AvgIpc) is 3.80. The summed E-state index contributed by atoms with van der Waals surface area (Å²) in [4.78, 5) is 46.6. The Hall–Kier alpha value is -5.66. The first-order chi connectivity index (χ1) is 23.4. The largest absolute Gasteiger partial charge is 0.469 e. The number of carbonyl (C=O) groups excluding carboxylic acids is 3. The molecule has 3 heterocycles. The minimum atomic E-state index is -0.637. The molecule has 0 aliphatic carbocycles. The number of benzene rings is 3. The van der Waals surface area contributed by atoms with Crippen LogP contribution in [0.5, 0.6) is 0 Å². The van der Waals surface area contributed by atoms with Gasteiger partial charge in [-0.1, -0.05) is 35.9 Å². The van der Waals surface area contributed by atoms with Crippen LogP contribution in [0.3, 0.4) is 0 Å². The maximum absolute atomic E-state index is 13.4. The summed E-state index contributed by atoms with van der Waals surface area (Å²) in [6.45, 7) is 0.580. The van der Waals surface area contributed by atoms with E-state index in [4.69, 9.17) is 21.1 Å². The van der Waals surface area contributed by atoms with Crippen molar-refractivity contribution in [3.05, 3.63) is 112 Å². The molecule has 5 aromatic rings. The SMILES string of the molecule is COC(=O)Cc1ccc2c(c1)NC(=O)c1cccc(c1)CCCOC[C@H](NC(=O)/C=C/c1cc(Cl)ccc1-n1cnnn1)c1ncc-2[nH]1. The quantitative estimate of drug-likeness (QED) is 0.175. The molecule has 2 aromatic heterocycles. The molecular formula is C34H31ClN8O5. The number of halogens is 1. The van der Waals surface area contributed by atoms with Gasteiger partial charge in [0.2, 0.25) is 5.91 Å². The first-order valence-corrected chi connectivity index (χ1v) is 15.5. The normalized spacial score (nSPS) is 15.0. The number of hydrogen-bond donors (Lipinski definition) is 3. The van der Waals surface area contributed by atoms with Gasteiger partial charge >= 0.3 is 5.97 Å². The van der Waals surface area contributed by atoms with Gasteiger partial charge in [0.1, 0.15) is 18.2 Å². The highest BCUT2D eigenvalue weighted by Crippen LogP contribution is 2.30. The van der Waals surface area contributed by atoms with E-state index in [1.165, 1.54) is 24.2 Å². The van der Waals surface area contributed by atoms with Crippen LogP contribution in [0.1, 0.15) is 45.3 Å². The lowest BCUT2D eigenvalue weighted by Crippen LogP contribution is -2.31. The van der Waals surface area contributed by atoms with Gasteiger partial charge in [0, 0.05) is 34.4 Å². The molecule has 4 bridgehead atoms. The number of rotatable bonds is 6. The zero-order valence-corrected chi connectivity index (χ0v) is 26.6. The second-order valence-corrected chi connectivity index (χ2v) is 11.4. The van der Waals surface area contributed by atoms with Crippen LogP contribution in [0.25, 0.3) is 23.0 Å². The summed E-state index contributed by atoms with van der Waals surface area (Å²) in [5, 5.41) is 17.8. The number of nitrogens with one attached hydrogen (secondary N) is 3. The predicted octanol–water partition coefficient (Wildman–Crippen LogP) is 4.51. The number of methoxy groups -OCH3 is 1. The summed E-state index contributed by atoms with van der Waals surface area (Å²) in [6.07, 6.45) is 7.52. The maximum atomic E-state index is 13.4. The van der Waals surface area contributed by atoms with E-state index in [1.807, 2.05) is 18.2 Å². The van der Waals surface area contributed by atoms with Crippen LogP contribution in [0.4, 0.5) is 5.69 Å². The summed E-state index contributed by atoms with van der Waals surface area (Å²) in [5.41, 5.74) is 5.15. The van der Waals surface area contributed by atoms with Crippen molar-refractivity contribution in [2.24, 2.45) is 0 Å². The van der Waals surface area contributed by atoms with Crippen molar-refractivity contribution in [1.29, 1.82) is 0 Å². The van der Waals surface area contributed by atoms with Gasteiger partial charge in [0.15, 0.2) is 0 Å². The van der Waals surface area contributed by atoms with Crippen LogP contribution in [-0.2, 0) is 31.9 Å². The lowest BCUT2D eigenvalue weighted by Gasteiger charge is -2.17. The number of carbonyl (C=O) groups is 3. The third-order valence-electron chi connectivity index (χ3n) is 7.67. The van der Waals surface area contributed by atoms with Crippen molar-refractivity contribution in [2.75, 3.05) is 25.6 Å². The number of aromatic nitrogens is 6. The van der Waals surface area contributed by atoms with Crippen molar-refractivity contribution in [1.82, 2.24) is 35.5 Å². The second-order valence-electron chi connectivity index (χ2n) is 11.0. The number of aryl methyl sites for hydroxylation is 1. The summed E-state index contributed by atoms with van der Waals surface area (Å²) in [7, 11) is 1.33. The summed E-state index contributed by atoms with van der Waals surface area (Å²) >= 11 is 6.23. The summed E-state index contributed by atoms with van der Waals surface area (Å²) < 4.78 is 12.3. The highest BCUT2D eigenvalue weighted by atomic mass is 35.5. The lowest BCUT2D eigenvalue weighted by molar-refractivity contribution is -0.139. The Morgan fingerprint density at radius 2 is 2.06 bits per heavy atom. The third kappa shape index (κ3) is 7.82. The third-order valence-corrected chi connectivity index (χ3v) is 7.90. The first-order valence-electron chi connectivity index (χ1n) is 15.1. The predicted molar refractivity (Wildman–Crippen MR) is 177 cm³/mol. The molecule has 1 aliphatic heterocycles. The fourth-order valence-corrected chi connectivity index (χ4v) is 5.47. The molecule has 48 heavy (non-hydrogen) atoms. The Labute approximate surface area is 280 Å². The number of fused-ring (bicyclic) bond motifs is 6. The smallest absolute Gasteiger partial charge is 0.309 e. The number of ether oxygens (including phenoxy) is 2. The number of imidazole rings is 1. The molecule has 3 N–H and O–H groups in total. The van der Waals surface area contributed by atoms with Crippen LogP contribution in [0.15, 0.2) is 79.3 Å². The van der Waals surface area contributed by atoms with E-state index < -0.39 is 17.9 Å². The van der Waals surface area contributed by atoms with Crippen molar-refractivity contribution < 1.29 is 23.9 Å². The Bertz CT molecular complexity index is 1970. The van der Waals surface area contributed by atoms with Gasteiger partial charge < -0.3 is 25.1 Å². The van der Waals surface area contributed by atoms with E-state index in [-0.39, 0.29) is 18.9 Å². The maximum Gasteiger partial charge on any atom is 0.309 e. The van der Waals surface area contributed by atoms with Crippen molar-refractivity contribution in [3.63, 3.8) is 0 Å². The van der Waals surface area contributed by atoms with E-state index in [1.54, 1.807) is 54.7 Å². The van der Waals surface area contributed by atoms with Gasteiger partial charge in [0.25, 0.3) is 5.91 Å². The molecule has 13 nitrogen and oxygen atoms in total. The standard InChI is InChI=1S/C34H31ClN8O5/c1-47-32(45)16-22-7-10-26-27(15-22)40-34(46)24-6-2-4-21(14-24)5-3-13-48-19-29(33-36-18-28(26)39-33)38-31(44)12-8-23-17-25(35)9-11-30(23)43-20-37-41-42-43/h2,4,6-12,14-15,17-18,20,29H,3,5,13,16,19H2,1H3,(H,36,39)(H,38,44)(H,40,46)/b12-8+/t29-/m0/s1. The van der Waals surface area contributed by atoms with E-state index in [0.717, 1.165) is 5.56 Å². The average molecular weight is 667 g/mol. The highest BCUT2D eigenvalue weighted by molar-refractivity contribution is 6.30. The number of aromatic amines is 1. The second kappa shape index (κ2) is 14.8. The molecule has 0 fully saturated rings. The Balaban J connectivity index is 1.30. The minimum Gasteiger partial charge on any atom is -0.469 e. The minimum absolute atomic E-state index is 0.0364. The zero-order chi connectivity index (χ0) is 33.5. The van der Waals surface area contributed by atoms with Gasteiger partial charge in [0.05, 0.1) is 43.4 Å². The Kier molecular flexibility index (Phi) is 9.98. The van der Waals surface area contributed by atoms with E-state index in [2.05, 4.69) is 36.1 Å². The molecule has 0 saturated heterocycles. The van der Waals surface area contributed by atoms with Crippen molar-refractivity contribution in [2.45, 2.75) is 25.3 Å². The lowest BCUT2D eigenvalue weighted by atomic mass is 10.0. The number of anilines is 1. The topological polar surface area (TPSA) is 166 Å². The molecule has 14 heteroatoms. The van der Waals surface area contributed by atoms with Gasteiger partial charge in [-0.2, -0.15) is 4.68 Å². The van der Waals surface area contributed by atoms with Crippen molar-refractivity contribution in [3.8, 4) is 16.9 Å². The molecular weight excluding hydrogens is 636 g/mol. The number of nitrogens with zero attached hydrogens (tertiary/aromatic N) is 5. The van der Waals surface area contributed by atoms with Crippen LogP contribution >= 0.6 is 11.6 Å². The molecule has 0 unspecified atom stereocenters. The van der Waals surface area contributed by atoms with Gasteiger partial charge in [-0.3, -0.25) is 14.4 Å². The fraction of sp³-hybridized carbons (Fsp3) is 0.206. The molecule has 0 spiro atoms. The molecule has 6 rings (SSSR count). The number of amides is 2. The van der Waals surface area contributed by atoms with E-state index in [0.29, 0.717) is 69.6 Å². The van der Waals surface area contributed by atoms with E-state index in [9.17, 15) is 14.4 Å². The first kappa shape index (κ1) is 32.3. The van der Waals surface area contributed by atoms with Crippen LogP contribution in [-0.4, -0.2) is 68.3 Å². The van der Waals surface area contributed by atoms with Gasteiger partial charge in [-0.15, -0.1) is 5.10 Å². The molecule has 2 amide bonds. The molecule has 244 valence electrons. The zero-order valence-electron chi connectivity index (χ0n) is 25.9. The molecule has 0 saturated carbocycles. The van der Waals surface area contributed by atoms with Crippen LogP contribution in [0, 0.1) is 0 Å². The molecule has 1 aliphatic rings. The Morgan fingerprint density at radius 3 is 2.90 bits per heavy atom. The number of tetrazole rings is 1. The molecule has 3 aromatic carbocycles. The molecule has 1 atom stereocenters. The van der Waals surface area contributed by atoms with E-state index >= 15 is 0 Å². The number of hydrogen-bond acceptors (Lipinski definition) is 9. The van der Waals surface area contributed by atoms with Crippen LogP contribution < -0.4 is 10.6 Å². The number of H-pyrrole nitrogens is 1. The van der Waals surface area contributed by atoms with Crippen molar-refractivity contribution >= 4 is 41.1 Å². The fourth-order valence-electron chi connectivity index (χ4n) is 5.28. The highest BCUT2D eigenvalue weighted by Gasteiger charge is 2.21. The summed E-state index contributed by atoms with van der Waals surface area (Å²) in [6, 6.07) is 17.3.